The molecule has 1 N–H and O–H groups in total. The van der Waals surface area contributed by atoms with E-state index in [1.165, 1.54) is 14.2 Å². The minimum Gasteiger partial charge on any atom is -0.489 e. The Morgan fingerprint density at radius 3 is 2.16 bits per heavy atom. The molecule has 1 saturated heterocycles. The van der Waals surface area contributed by atoms with Gasteiger partial charge in [0.15, 0.2) is 5.78 Å². The van der Waals surface area contributed by atoms with Crippen molar-refractivity contribution in [3.05, 3.63) is 120 Å². The van der Waals surface area contributed by atoms with E-state index >= 15 is 0 Å². The molecule has 3 aromatic rings. The smallest absolute Gasteiger partial charge is 0.328 e. The van der Waals surface area contributed by atoms with Crippen LogP contribution in [0.5, 0.6) is 5.75 Å². The van der Waals surface area contributed by atoms with Crippen molar-refractivity contribution in [3.63, 3.8) is 0 Å². The summed E-state index contributed by atoms with van der Waals surface area (Å²) in [5.41, 5.74) is 2.98. The molecule has 262 valence electrons. The molecule has 9 heteroatoms. The summed E-state index contributed by atoms with van der Waals surface area (Å²) in [6.45, 7) is 1.49. The van der Waals surface area contributed by atoms with E-state index in [4.69, 9.17) is 14.2 Å². The predicted molar refractivity (Wildman–Crippen MR) is 191 cm³/mol. The number of Topliss-reactive ketones (excluding diaryl/α,β-unsaturated/α-hetero) is 1. The van der Waals surface area contributed by atoms with Crippen LogP contribution in [0.1, 0.15) is 55.2 Å². The summed E-state index contributed by atoms with van der Waals surface area (Å²) in [6, 6.07) is 26.5. The lowest BCUT2D eigenvalue weighted by Crippen LogP contribution is -2.45. The number of methoxy groups -OCH3 is 2. The molecule has 1 aliphatic carbocycles. The highest BCUT2D eigenvalue weighted by Crippen LogP contribution is 2.31. The standard InChI is InChI=1S/C41H46N2O7/c1-48-40(47)36(27-30-13-15-35(16-14-30)50-29-32-9-5-3-6-10-32)42-38(45)28-31-21-25-43(26-22-31)39(46)18-17-37(44)41(49-2)23-19-34(20-24-41)33-11-7-4-8-12-33/h3-16,19-20,23,31,36H,17-18,21-22,24-29H2,1-2H3,(H,42,45)/t36-,41?/m0/s1. The van der Waals surface area contributed by atoms with Crippen LogP contribution in [0.3, 0.4) is 0 Å². The van der Waals surface area contributed by atoms with Gasteiger partial charge in [-0.2, -0.15) is 0 Å². The number of carbonyl (C=O) groups excluding carboxylic acids is 4. The lowest BCUT2D eigenvalue weighted by Gasteiger charge is -2.33. The van der Waals surface area contributed by atoms with Gasteiger partial charge in [-0.1, -0.05) is 84.9 Å². The van der Waals surface area contributed by atoms with Gasteiger partial charge in [-0.05, 0) is 59.2 Å². The topological polar surface area (TPSA) is 111 Å². The van der Waals surface area contributed by atoms with Crippen LogP contribution in [0, 0.1) is 5.92 Å². The summed E-state index contributed by atoms with van der Waals surface area (Å²) >= 11 is 0. The first-order chi connectivity index (χ1) is 24.3. The Kier molecular flexibility index (Phi) is 12.8. The zero-order valence-corrected chi connectivity index (χ0v) is 28.8. The molecule has 0 radical (unpaired) electrons. The second-order valence-corrected chi connectivity index (χ2v) is 12.9. The molecule has 2 amide bonds. The maximum atomic E-state index is 13.3. The summed E-state index contributed by atoms with van der Waals surface area (Å²) in [7, 11) is 2.84. The molecule has 1 fully saturated rings. The number of rotatable bonds is 15. The minimum absolute atomic E-state index is 0.0740. The highest BCUT2D eigenvalue weighted by atomic mass is 16.5. The molecule has 0 aromatic heterocycles. The first-order valence-electron chi connectivity index (χ1n) is 17.2. The molecule has 50 heavy (non-hydrogen) atoms. The van der Waals surface area contributed by atoms with Crippen molar-refractivity contribution in [1.82, 2.24) is 10.2 Å². The monoisotopic (exact) mass is 678 g/mol. The van der Waals surface area contributed by atoms with Gasteiger partial charge in [0.1, 0.15) is 24.0 Å². The number of nitrogens with zero attached hydrogens (tertiary/aromatic N) is 1. The average molecular weight is 679 g/mol. The van der Waals surface area contributed by atoms with Gasteiger partial charge in [0.05, 0.1) is 7.11 Å². The van der Waals surface area contributed by atoms with Gasteiger partial charge in [0.25, 0.3) is 0 Å². The van der Waals surface area contributed by atoms with Gasteiger partial charge in [-0.15, -0.1) is 0 Å². The molecule has 1 aliphatic heterocycles. The van der Waals surface area contributed by atoms with Crippen molar-refractivity contribution in [2.45, 2.75) is 63.2 Å². The van der Waals surface area contributed by atoms with Gasteiger partial charge in [-0.3, -0.25) is 14.4 Å². The first kappa shape index (κ1) is 36.3. The summed E-state index contributed by atoms with van der Waals surface area (Å²) in [5.74, 6) is -0.141. The molecule has 1 unspecified atom stereocenters. The van der Waals surface area contributed by atoms with E-state index in [2.05, 4.69) is 5.32 Å². The Labute approximate surface area is 294 Å². The number of hydrogen-bond donors (Lipinski definition) is 1. The number of ketones is 1. The normalized spacial score (nSPS) is 18.1. The molecule has 0 saturated carbocycles. The zero-order chi connectivity index (χ0) is 35.3. The molecule has 9 nitrogen and oxygen atoms in total. The predicted octanol–water partition coefficient (Wildman–Crippen LogP) is 5.87. The Balaban J connectivity index is 1.04. The highest BCUT2D eigenvalue weighted by Gasteiger charge is 2.37. The molecule has 3 aromatic carbocycles. The van der Waals surface area contributed by atoms with E-state index < -0.39 is 17.6 Å². The Hall–Kier alpha value is -5.02. The van der Waals surface area contributed by atoms with Crippen molar-refractivity contribution in [2.75, 3.05) is 27.3 Å². The van der Waals surface area contributed by atoms with Crippen molar-refractivity contribution < 1.29 is 33.4 Å². The number of likely N-dealkylation sites (tertiary alicyclic amines) is 1. The Morgan fingerprint density at radius 1 is 0.860 bits per heavy atom. The molecular weight excluding hydrogens is 632 g/mol. The zero-order valence-electron chi connectivity index (χ0n) is 28.8. The summed E-state index contributed by atoms with van der Waals surface area (Å²) < 4.78 is 16.5. The fourth-order valence-electron chi connectivity index (χ4n) is 6.46. The molecule has 2 atom stereocenters. The number of benzene rings is 3. The maximum Gasteiger partial charge on any atom is 0.328 e. The van der Waals surface area contributed by atoms with Crippen LogP contribution in [-0.2, 0) is 41.7 Å². The summed E-state index contributed by atoms with van der Waals surface area (Å²) in [6.07, 6.45) is 8.21. The maximum absolute atomic E-state index is 13.3. The van der Waals surface area contributed by atoms with Crippen LogP contribution in [0.4, 0.5) is 0 Å². The van der Waals surface area contributed by atoms with Gasteiger partial charge in [0.2, 0.25) is 11.8 Å². The third-order valence-electron chi connectivity index (χ3n) is 9.54. The number of ether oxygens (including phenoxy) is 3. The van der Waals surface area contributed by atoms with Gasteiger partial charge in [-0.25, -0.2) is 4.79 Å². The molecule has 2 aliphatic rings. The van der Waals surface area contributed by atoms with Crippen LogP contribution >= 0.6 is 0 Å². The van der Waals surface area contributed by atoms with Crippen LogP contribution in [0.25, 0.3) is 5.57 Å². The fourth-order valence-corrected chi connectivity index (χ4v) is 6.46. The van der Waals surface area contributed by atoms with Crippen molar-refractivity contribution >= 4 is 29.1 Å². The van der Waals surface area contributed by atoms with Crippen molar-refractivity contribution in [3.8, 4) is 5.75 Å². The summed E-state index contributed by atoms with van der Waals surface area (Å²) in [5, 5.41) is 2.86. The molecule has 0 spiro atoms. The Morgan fingerprint density at radius 2 is 1.54 bits per heavy atom. The van der Waals surface area contributed by atoms with Crippen molar-refractivity contribution in [1.29, 1.82) is 0 Å². The van der Waals surface area contributed by atoms with Crippen LogP contribution < -0.4 is 10.1 Å². The minimum atomic E-state index is -1.07. The molecule has 0 bridgehead atoms. The van der Waals surface area contributed by atoms with E-state index in [9.17, 15) is 19.2 Å². The van der Waals surface area contributed by atoms with Crippen molar-refractivity contribution in [2.24, 2.45) is 5.92 Å². The van der Waals surface area contributed by atoms with E-state index in [0.717, 1.165) is 22.3 Å². The number of hydrogen-bond acceptors (Lipinski definition) is 7. The van der Waals surface area contributed by atoms with E-state index in [1.54, 1.807) is 4.90 Å². The van der Waals surface area contributed by atoms with Crippen LogP contribution in [0.2, 0.25) is 0 Å². The number of carbonyl (C=O) groups is 4. The number of allylic oxidation sites excluding steroid dienone is 2. The molecule has 5 rings (SSSR count). The van der Waals surface area contributed by atoms with Crippen LogP contribution in [-0.4, -0.2) is 67.4 Å². The number of amides is 2. The average Bonchev–Trinajstić information content (AvgIpc) is 3.17. The third kappa shape index (κ3) is 9.79. The van der Waals surface area contributed by atoms with E-state index in [0.29, 0.717) is 44.7 Å². The highest BCUT2D eigenvalue weighted by molar-refractivity contribution is 5.94. The number of piperidine rings is 1. The largest absolute Gasteiger partial charge is 0.489 e. The molecule has 1 heterocycles. The SMILES string of the molecule is COC(=O)[C@H](Cc1ccc(OCc2ccccc2)cc1)NC(=O)CC1CCN(C(=O)CCC(=O)C2(OC)C=CC(c3ccccc3)=CC2)CC1. The lowest BCUT2D eigenvalue weighted by atomic mass is 9.84. The second-order valence-electron chi connectivity index (χ2n) is 12.9. The first-order valence-corrected chi connectivity index (χ1v) is 17.2. The Bertz CT molecular complexity index is 1660. The van der Waals surface area contributed by atoms with E-state index in [-0.39, 0.29) is 49.2 Å². The van der Waals surface area contributed by atoms with Gasteiger partial charge < -0.3 is 24.4 Å². The third-order valence-corrected chi connectivity index (χ3v) is 9.54. The number of esters is 1. The number of nitrogens with one attached hydrogen (secondary N) is 1. The quantitative estimate of drug-likeness (QED) is 0.200. The van der Waals surface area contributed by atoms with Gasteiger partial charge >= 0.3 is 5.97 Å². The van der Waals surface area contributed by atoms with Crippen LogP contribution in [0.15, 0.2) is 103 Å². The van der Waals surface area contributed by atoms with E-state index in [1.807, 2.05) is 103 Å². The molecular formula is C41H46N2O7. The second kappa shape index (κ2) is 17.6. The fraction of sp³-hybridized carbons (Fsp3) is 0.366. The lowest BCUT2D eigenvalue weighted by molar-refractivity contribution is -0.145. The van der Waals surface area contributed by atoms with Gasteiger partial charge in [0, 0.05) is 52.3 Å². The summed E-state index contributed by atoms with van der Waals surface area (Å²) in [4.78, 5) is 53.7.